The van der Waals surface area contributed by atoms with Crippen molar-refractivity contribution in [3.63, 3.8) is 0 Å². The number of para-hydroxylation sites is 2. The molecular formula is C23H28ClN3O5S2. The number of anilines is 1. The zero-order chi connectivity index (χ0) is 23.4. The van der Waals surface area contributed by atoms with Crippen molar-refractivity contribution in [1.29, 1.82) is 0 Å². The van der Waals surface area contributed by atoms with Crippen molar-refractivity contribution in [2.45, 2.75) is 11.8 Å². The number of ether oxygens (including phenoxy) is 2. The summed E-state index contributed by atoms with van der Waals surface area (Å²) < 4.78 is 36.4. The topological polar surface area (TPSA) is 89.0 Å². The maximum absolute atomic E-state index is 13.3. The van der Waals surface area contributed by atoms with Crippen molar-refractivity contribution in [1.82, 2.24) is 9.88 Å². The number of fused-ring (bicyclic) bond motifs is 1. The Labute approximate surface area is 209 Å². The molecule has 0 aliphatic carbocycles. The van der Waals surface area contributed by atoms with Crippen LogP contribution in [0.5, 0.6) is 5.75 Å². The van der Waals surface area contributed by atoms with Crippen molar-refractivity contribution < 1.29 is 22.7 Å². The predicted octanol–water partition coefficient (Wildman–Crippen LogP) is 3.17. The Balaban J connectivity index is 0.00000324. The summed E-state index contributed by atoms with van der Waals surface area (Å²) in [4.78, 5) is 21.9. The molecule has 1 aliphatic rings. The number of halogens is 1. The Kier molecular flexibility index (Phi) is 8.89. The van der Waals surface area contributed by atoms with E-state index in [-0.39, 0.29) is 29.8 Å². The number of benzene rings is 2. The fourth-order valence-corrected chi connectivity index (χ4v) is 5.59. The minimum Gasteiger partial charge on any atom is -0.483 e. The minimum absolute atomic E-state index is 0. The molecule has 11 heteroatoms. The Morgan fingerprint density at radius 3 is 2.62 bits per heavy atom. The molecule has 0 N–H and O–H groups in total. The number of rotatable bonds is 8. The van der Waals surface area contributed by atoms with Crippen molar-refractivity contribution in [3.8, 4) is 5.75 Å². The summed E-state index contributed by atoms with van der Waals surface area (Å²) in [6, 6.07) is 12.6. The molecular weight excluding hydrogens is 498 g/mol. The molecule has 0 saturated carbocycles. The number of morpholine rings is 1. The molecule has 0 radical (unpaired) electrons. The summed E-state index contributed by atoms with van der Waals surface area (Å²) in [5.41, 5.74) is 1.34. The van der Waals surface area contributed by atoms with Crippen molar-refractivity contribution in [2.75, 3.05) is 57.2 Å². The van der Waals surface area contributed by atoms with Crippen molar-refractivity contribution >= 4 is 54.8 Å². The van der Waals surface area contributed by atoms with Crippen LogP contribution in [-0.4, -0.2) is 76.5 Å². The highest BCUT2D eigenvalue weighted by Gasteiger charge is 2.24. The number of hydrogen-bond acceptors (Lipinski definition) is 8. The molecule has 34 heavy (non-hydrogen) atoms. The van der Waals surface area contributed by atoms with Gasteiger partial charge in [0.25, 0.3) is 5.91 Å². The summed E-state index contributed by atoms with van der Waals surface area (Å²) in [5.74, 6) is 0.425. The lowest BCUT2D eigenvalue weighted by Gasteiger charge is -2.29. The summed E-state index contributed by atoms with van der Waals surface area (Å²) in [5, 5.41) is 0.466. The standard InChI is InChI=1S/C23H27N3O5S2.ClH/c1-17-6-3-4-7-18(17)31-16-21(27)26(11-10-25-12-14-30-15-13-25)23-24-22-19(32-23)8-5-9-20(22)33(2,28)29;/h3-9H,10-16H2,1-2H3;1H. The van der Waals surface area contributed by atoms with Crippen LogP contribution in [0.25, 0.3) is 10.2 Å². The van der Waals surface area contributed by atoms with Gasteiger partial charge in [-0.25, -0.2) is 13.4 Å². The molecule has 1 aromatic heterocycles. The zero-order valence-electron chi connectivity index (χ0n) is 19.1. The van der Waals surface area contributed by atoms with Crippen LogP contribution in [0.3, 0.4) is 0 Å². The number of amides is 1. The van der Waals surface area contributed by atoms with Gasteiger partial charge in [-0.05, 0) is 30.7 Å². The molecule has 0 atom stereocenters. The van der Waals surface area contributed by atoms with E-state index in [1.807, 2.05) is 37.3 Å². The minimum atomic E-state index is -3.45. The third kappa shape index (κ3) is 6.25. The predicted molar refractivity (Wildman–Crippen MR) is 136 cm³/mol. The molecule has 1 saturated heterocycles. The van der Waals surface area contributed by atoms with Gasteiger partial charge in [0.2, 0.25) is 0 Å². The Morgan fingerprint density at radius 2 is 1.91 bits per heavy atom. The third-order valence-electron chi connectivity index (χ3n) is 5.49. The quantitative estimate of drug-likeness (QED) is 0.446. The molecule has 1 fully saturated rings. The smallest absolute Gasteiger partial charge is 0.266 e. The Morgan fingerprint density at radius 1 is 1.18 bits per heavy atom. The lowest BCUT2D eigenvalue weighted by Crippen LogP contribution is -2.44. The van der Waals surface area contributed by atoms with E-state index in [1.165, 1.54) is 11.3 Å². The fourth-order valence-electron chi connectivity index (χ4n) is 3.66. The summed E-state index contributed by atoms with van der Waals surface area (Å²) >= 11 is 1.31. The van der Waals surface area contributed by atoms with Gasteiger partial charge < -0.3 is 9.47 Å². The van der Waals surface area contributed by atoms with Crippen LogP contribution in [0.2, 0.25) is 0 Å². The van der Waals surface area contributed by atoms with Gasteiger partial charge in [0.1, 0.15) is 11.3 Å². The molecule has 0 unspecified atom stereocenters. The van der Waals surface area contributed by atoms with Crippen LogP contribution in [0, 0.1) is 6.92 Å². The second-order valence-electron chi connectivity index (χ2n) is 7.93. The average molecular weight is 526 g/mol. The number of aryl methyl sites for hydroxylation is 1. The average Bonchev–Trinajstić information content (AvgIpc) is 3.22. The highest BCUT2D eigenvalue weighted by Crippen LogP contribution is 2.33. The first kappa shape index (κ1) is 26.4. The van der Waals surface area contributed by atoms with Gasteiger partial charge in [0.05, 0.1) is 22.8 Å². The SMILES string of the molecule is Cc1ccccc1OCC(=O)N(CCN1CCOCC1)c1nc2c(S(C)(=O)=O)cccc2s1.Cl. The van der Waals surface area contributed by atoms with Gasteiger partial charge in [-0.3, -0.25) is 14.6 Å². The zero-order valence-corrected chi connectivity index (χ0v) is 21.5. The van der Waals surface area contributed by atoms with E-state index in [0.717, 1.165) is 29.6 Å². The molecule has 2 aromatic carbocycles. The number of hydrogen-bond donors (Lipinski definition) is 0. The molecule has 0 bridgehead atoms. The molecule has 0 spiro atoms. The van der Waals surface area contributed by atoms with Gasteiger partial charge in [0.15, 0.2) is 21.6 Å². The highest BCUT2D eigenvalue weighted by atomic mass is 35.5. The number of sulfone groups is 1. The van der Waals surface area contributed by atoms with E-state index in [1.54, 1.807) is 17.0 Å². The number of carbonyl (C=O) groups excluding carboxylic acids is 1. The molecule has 1 aliphatic heterocycles. The van der Waals surface area contributed by atoms with Crippen LogP contribution in [0.15, 0.2) is 47.4 Å². The molecule has 2 heterocycles. The number of carbonyl (C=O) groups is 1. The first-order valence-electron chi connectivity index (χ1n) is 10.7. The normalized spacial score (nSPS) is 14.5. The maximum Gasteiger partial charge on any atom is 0.266 e. The van der Waals surface area contributed by atoms with Gasteiger partial charge in [-0.2, -0.15) is 0 Å². The van der Waals surface area contributed by atoms with Crippen LogP contribution in [0.1, 0.15) is 5.56 Å². The van der Waals surface area contributed by atoms with Crippen LogP contribution < -0.4 is 9.64 Å². The van der Waals surface area contributed by atoms with Gasteiger partial charge in [-0.1, -0.05) is 35.6 Å². The number of aromatic nitrogens is 1. The summed E-state index contributed by atoms with van der Waals surface area (Å²) in [6.45, 7) is 5.82. The van der Waals surface area contributed by atoms with Crippen LogP contribution >= 0.6 is 23.7 Å². The molecule has 184 valence electrons. The van der Waals surface area contributed by atoms with Gasteiger partial charge in [0, 0.05) is 32.4 Å². The lowest BCUT2D eigenvalue weighted by atomic mass is 10.2. The Bertz CT molecular complexity index is 1240. The Hall–Kier alpha value is -2.24. The van der Waals surface area contributed by atoms with Gasteiger partial charge >= 0.3 is 0 Å². The lowest BCUT2D eigenvalue weighted by molar-refractivity contribution is -0.120. The molecule has 3 aromatic rings. The van der Waals surface area contributed by atoms with E-state index >= 15 is 0 Å². The van der Waals surface area contributed by atoms with E-state index in [9.17, 15) is 13.2 Å². The van der Waals surface area contributed by atoms with E-state index < -0.39 is 9.84 Å². The highest BCUT2D eigenvalue weighted by molar-refractivity contribution is 7.91. The van der Waals surface area contributed by atoms with Crippen molar-refractivity contribution in [3.05, 3.63) is 48.0 Å². The number of nitrogens with zero attached hydrogens (tertiary/aromatic N) is 3. The summed E-state index contributed by atoms with van der Waals surface area (Å²) in [7, 11) is -3.45. The largest absolute Gasteiger partial charge is 0.483 e. The van der Waals surface area contributed by atoms with Crippen molar-refractivity contribution in [2.24, 2.45) is 0 Å². The third-order valence-corrected chi connectivity index (χ3v) is 7.66. The van der Waals surface area contributed by atoms with E-state index in [4.69, 9.17) is 9.47 Å². The van der Waals surface area contributed by atoms with Crippen LogP contribution in [0.4, 0.5) is 5.13 Å². The van der Waals surface area contributed by atoms with Crippen LogP contribution in [-0.2, 0) is 19.4 Å². The molecule has 8 nitrogen and oxygen atoms in total. The first-order valence-corrected chi connectivity index (χ1v) is 13.4. The number of thiazole rings is 1. The first-order chi connectivity index (χ1) is 15.8. The second kappa shape index (κ2) is 11.5. The summed E-state index contributed by atoms with van der Waals surface area (Å²) in [6.07, 6.45) is 1.16. The fraction of sp³-hybridized carbons (Fsp3) is 0.391. The molecule has 1 amide bonds. The molecule has 4 rings (SSSR count). The monoisotopic (exact) mass is 525 g/mol. The van der Waals surface area contributed by atoms with Gasteiger partial charge in [-0.15, -0.1) is 12.4 Å². The van der Waals surface area contributed by atoms with E-state index in [0.29, 0.717) is 42.7 Å². The maximum atomic E-state index is 13.3. The van der Waals surface area contributed by atoms with E-state index in [2.05, 4.69) is 9.88 Å². The second-order valence-corrected chi connectivity index (χ2v) is 10.9.